The molecule has 4 rings (SSSR count). The monoisotopic (exact) mass is 467 g/mol. The Morgan fingerprint density at radius 3 is 2.70 bits per heavy atom. The van der Waals surface area contributed by atoms with Crippen LogP contribution >= 0.6 is 12.2 Å². The summed E-state index contributed by atoms with van der Waals surface area (Å²) in [7, 11) is 1.50. The number of nitro groups is 1. The third-order valence-electron chi connectivity index (χ3n) is 5.94. The highest BCUT2D eigenvalue weighted by Gasteiger charge is 2.41. The summed E-state index contributed by atoms with van der Waals surface area (Å²) in [6.45, 7) is 4.31. The van der Waals surface area contributed by atoms with Crippen LogP contribution in [0.5, 0.6) is 5.75 Å². The van der Waals surface area contributed by atoms with Crippen LogP contribution in [-0.2, 0) is 0 Å². The number of aryl methyl sites for hydroxylation is 1. The van der Waals surface area contributed by atoms with Gasteiger partial charge in [-0.15, -0.1) is 0 Å². The van der Waals surface area contributed by atoms with E-state index < -0.39 is 4.92 Å². The Hall–Kier alpha value is -3.50. The number of thiocarbonyl (C=S) groups is 1. The number of nitrogens with one attached hydrogen (secondary N) is 1. The molecule has 2 N–H and O–H groups in total. The van der Waals surface area contributed by atoms with Crippen molar-refractivity contribution in [2.75, 3.05) is 20.3 Å². The maximum absolute atomic E-state index is 11.2. The Morgan fingerprint density at radius 1 is 1.27 bits per heavy atom. The average molecular weight is 468 g/mol. The van der Waals surface area contributed by atoms with Gasteiger partial charge in [0.15, 0.2) is 5.11 Å². The molecule has 172 valence electrons. The summed E-state index contributed by atoms with van der Waals surface area (Å²) in [4.78, 5) is 17.3. The average Bonchev–Trinajstić information content (AvgIpc) is 3.29. The van der Waals surface area contributed by atoms with Crippen molar-refractivity contribution in [1.29, 1.82) is 0 Å². The van der Waals surface area contributed by atoms with Crippen LogP contribution in [0.25, 0.3) is 5.69 Å². The predicted octanol–water partition coefficient (Wildman–Crippen LogP) is 3.37. The highest BCUT2D eigenvalue weighted by Crippen LogP contribution is 2.42. The van der Waals surface area contributed by atoms with Crippen molar-refractivity contribution >= 4 is 23.0 Å². The van der Waals surface area contributed by atoms with Gasteiger partial charge in [0.05, 0.1) is 48.2 Å². The summed E-state index contributed by atoms with van der Waals surface area (Å²) in [6, 6.07) is 12.0. The lowest BCUT2D eigenvalue weighted by Gasteiger charge is -2.27. The standard InChI is InChI=1S/C23H25N5O4S/c1-14-12-17(15(2)27(14)19-8-7-16(28(30)31)13-20(19)32-3)22-21(18-6-4-5-9-24-18)25-23(33)26(22)10-11-29/h4-9,12-13,21-22,29H,10-11H2,1-3H3,(H,25,33)/t21-,22-/m0/s1. The molecule has 0 bridgehead atoms. The molecule has 1 saturated heterocycles. The van der Waals surface area contributed by atoms with E-state index in [0.29, 0.717) is 23.1 Å². The minimum Gasteiger partial charge on any atom is -0.494 e. The summed E-state index contributed by atoms with van der Waals surface area (Å²) in [5.74, 6) is 0.408. The van der Waals surface area contributed by atoms with Crippen LogP contribution in [0.2, 0.25) is 0 Å². The van der Waals surface area contributed by atoms with Gasteiger partial charge < -0.3 is 24.6 Å². The number of aliphatic hydroxyl groups is 1. The molecule has 0 unspecified atom stereocenters. The van der Waals surface area contributed by atoms with Crippen molar-refractivity contribution in [2.24, 2.45) is 0 Å². The number of rotatable bonds is 7. The first-order valence-electron chi connectivity index (χ1n) is 10.5. The number of ether oxygens (including phenoxy) is 1. The zero-order chi connectivity index (χ0) is 23.7. The molecule has 0 saturated carbocycles. The number of aliphatic hydroxyl groups excluding tert-OH is 1. The minimum absolute atomic E-state index is 0.0343. The summed E-state index contributed by atoms with van der Waals surface area (Å²) >= 11 is 5.60. The molecule has 9 nitrogen and oxygen atoms in total. The zero-order valence-electron chi connectivity index (χ0n) is 18.6. The second-order valence-corrected chi connectivity index (χ2v) is 8.21. The molecule has 0 spiro atoms. The molecule has 33 heavy (non-hydrogen) atoms. The van der Waals surface area contributed by atoms with Gasteiger partial charge in [-0.1, -0.05) is 6.07 Å². The first-order chi connectivity index (χ1) is 15.9. The molecule has 0 aliphatic carbocycles. The molecule has 1 aliphatic rings. The fourth-order valence-electron chi connectivity index (χ4n) is 4.51. The summed E-state index contributed by atoms with van der Waals surface area (Å²) < 4.78 is 7.51. The summed E-state index contributed by atoms with van der Waals surface area (Å²) in [5.41, 5.74) is 4.43. The molecule has 1 fully saturated rings. The van der Waals surface area contributed by atoms with Gasteiger partial charge in [0.1, 0.15) is 5.75 Å². The van der Waals surface area contributed by atoms with Gasteiger partial charge in [0, 0.05) is 30.2 Å². The van der Waals surface area contributed by atoms with Crippen molar-refractivity contribution in [1.82, 2.24) is 19.8 Å². The van der Waals surface area contributed by atoms with Gasteiger partial charge in [-0.3, -0.25) is 15.1 Å². The van der Waals surface area contributed by atoms with Crippen LogP contribution in [0.4, 0.5) is 5.69 Å². The second-order valence-electron chi connectivity index (χ2n) is 7.82. The van der Waals surface area contributed by atoms with Gasteiger partial charge in [-0.25, -0.2) is 0 Å². The third kappa shape index (κ3) is 4.03. The van der Waals surface area contributed by atoms with Crippen LogP contribution in [0.1, 0.15) is 34.7 Å². The van der Waals surface area contributed by atoms with E-state index in [1.165, 1.54) is 19.2 Å². The van der Waals surface area contributed by atoms with E-state index in [4.69, 9.17) is 17.0 Å². The Balaban J connectivity index is 1.85. The van der Waals surface area contributed by atoms with E-state index in [9.17, 15) is 15.2 Å². The summed E-state index contributed by atoms with van der Waals surface area (Å²) in [5, 5.41) is 24.8. The number of benzene rings is 1. The predicted molar refractivity (Wildman–Crippen MR) is 128 cm³/mol. The van der Waals surface area contributed by atoms with E-state index in [2.05, 4.69) is 16.4 Å². The number of β-amino-alcohol motifs (C(OH)–C–C–N with tert-alkyl or cyclic N) is 1. The second kappa shape index (κ2) is 9.16. The molecule has 0 amide bonds. The molecule has 10 heteroatoms. The number of nitro benzene ring substituents is 1. The topological polar surface area (TPSA) is 106 Å². The van der Waals surface area contributed by atoms with Crippen LogP contribution in [-0.4, -0.2) is 49.9 Å². The van der Waals surface area contributed by atoms with E-state index >= 15 is 0 Å². The van der Waals surface area contributed by atoms with E-state index in [1.54, 1.807) is 12.3 Å². The first-order valence-corrected chi connectivity index (χ1v) is 10.9. The smallest absolute Gasteiger partial charge is 0.273 e. The Labute approximate surface area is 196 Å². The normalized spacial score (nSPS) is 17.8. The number of non-ortho nitro benzene ring substituents is 1. The maximum Gasteiger partial charge on any atom is 0.273 e. The van der Waals surface area contributed by atoms with E-state index in [0.717, 1.165) is 22.6 Å². The van der Waals surface area contributed by atoms with E-state index in [1.807, 2.05) is 41.5 Å². The van der Waals surface area contributed by atoms with Crippen molar-refractivity contribution in [3.05, 3.63) is 81.4 Å². The third-order valence-corrected chi connectivity index (χ3v) is 6.29. The number of hydrogen-bond donors (Lipinski definition) is 2. The number of aromatic nitrogens is 2. The Morgan fingerprint density at radius 2 is 2.06 bits per heavy atom. The Bertz CT molecular complexity index is 1200. The molecule has 1 aromatic carbocycles. The van der Waals surface area contributed by atoms with Crippen LogP contribution in [0, 0.1) is 24.0 Å². The number of hydrogen-bond acceptors (Lipinski definition) is 6. The highest BCUT2D eigenvalue weighted by molar-refractivity contribution is 7.80. The van der Waals surface area contributed by atoms with Crippen molar-refractivity contribution < 1.29 is 14.8 Å². The lowest BCUT2D eigenvalue weighted by molar-refractivity contribution is -0.384. The molecular formula is C23H25N5O4S. The number of pyridine rings is 1. The van der Waals surface area contributed by atoms with Gasteiger partial charge >= 0.3 is 0 Å². The number of methoxy groups -OCH3 is 1. The maximum atomic E-state index is 11.2. The summed E-state index contributed by atoms with van der Waals surface area (Å²) in [6.07, 6.45) is 1.75. The molecule has 3 aromatic rings. The first kappa shape index (κ1) is 22.7. The molecule has 1 aliphatic heterocycles. The van der Waals surface area contributed by atoms with E-state index in [-0.39, 0.29) is 24.4 Å². The molecule has 3 heterocycles. The largest absolute Gasteiger partial charge is 0.494 e. The molecule has 2 atom stereocenters. The van der Waals surface area contributed by atoms with Crippen LogP contribution < -0.4 is 10.1 Å². The zero-order valence-corrected chi connectivity index (χ0v) is 19.4. The van der Waals surface area contributed by atoms with Gasteiger partial charge in [-0.2, -0.15) is 0 Å². The number of nitrogens with zero attached hydrogens (tertiary/aromatic N) is 4. The molecule has 0 radical (unpaired) electrons. The lowest BCUT2D eigenvalue weighted by atomic mass is 9.97. The highest BCUT2D eigenvalue weighted by atomic mass is 32.1. The quantitative estimate of drug-likeness (QED) is 0.310. The van der Waals surface area contributed by atoms with Gasteiger partial charge in [-0.05, 0) is 55.9 Å². The van der Waals surface area contributed by atoms with Gasteiger partial charge in [0.2, 0.25) is 0 Å². The van der Waals surface area contributed by atoms with Crippen LogP contribution in [0.15, 0.2) is 48.7 Å². The fraction of sp³-hybridized carbons (Fsp3) is 0.304. The van der Waals surface area contributed by atoms with Crippen molar-refractivity contribution in [2.45, 2.75) is 25.9 Å². The SMILES string of the molecule is COc1cc([N+](=O)[O-])ccc1-n1c(C)cc([C@H]2[C@H](c3ccccn3)NC(=S)N2CCO)c1C. The fourth-order valence-corrected chi connectivity index (χ4v) is 4.85. The van der Waals surface area contributed by atoms with Crippen molar-refractivity contribution in [3.63, 3.8) is 0 Å². The lowest BCUT2D eigenvalue weighted by Crippen LogP contribution is -2.32. The van der Waals surface area contributed by atoms with Crippen molar-refractivity contribution in [3.8, 4) is 11.4 Å². The van der Waals surface area contributed by atoms with Crippen LogP contribution in [0.3, 0.4) is 0 Å². The molecular weight excluding hydrogens is 442 g/mol. The van der Waals surface area contributed by atoms with Gasteiger partial charge in [0.25, 0.3) is 5.69 Å². The minimum atomic E-state index is -0.442. The Kier molecular flexibility index (Phi) is 6.30. The molecule has 2 aromatic heterocycles.